The van der Waals surface area contributed by atoms with E-state index in [1.54, 1.807) is 23.0 Å². The highest BCUT2D eigenvalue weighted by atomic mass is 35.5. The Bertz CT molecular complexity index is 1130. The van der Waals surface area contributed by atoms with E-state index in [1.807, 2.05) is 0 Å². The highest BCUT2D eigenvalue weighted by Gasteiger charge is 2.70. The first kappa shape index (κ1) is 23.0. The van der Waals surface area contributed by atoms with Gasteiger partial charge in [0.25, 0.3) is 5.91 Å². The quantitative estimate of drug-likeness (QED) is 0.625. The molecule has 1 aromatic carbocycles. The number of rotatable bonds is 7. The molecule has 1 unspecified atom stereocenters. The number of ether oxygens (including phenoxy) is 3. The number of ketones is 1. The summed E-state index contributed by atoms with van der Waals surface area (Å²) >= 11 is 5.93. The van der Waals surface area contributed by atoms with E-state index in [9.17, 15) is 22.8 Å². The average Bonchev–Trinajstić information content (AvgIpc) is 3.15. The molecule has 3 fully saturated rings. The second kappa shape index (κ2) is 7.88. The molecule has 2 bridgehead atoms. The number of carbonyl (C=O) groups is 2. The van der Waals surface area contributed by atoms with Gasteiger partial charge in [0.2, 0.25) is 0 Å². The highest BCUT2D eigenvalue weighted by molar-refractivity contribution is 6.31. The molecule has 0 saturated heterocycles. The molecule has 34 heavy (non-hydrogen) atoms. The molecule has 3 aliphatic carbocycles. The maximum Gasteiger partial charge on any atom is 0.522 e. The van der Waals surface area contributed by atoms with Crippen molar-refractivity contribution in [1.29, 1.82) is 0 Å². The third-order valence-electron chi connectivity index (χ3n) is 6.43. The maximum atomic E-state index is 12.8. The van der Waals surface area contributed by atoms with Gasteiger partial charge in [0.1, 0.15) is 12.4 Å². The summed E-state index contributed by atoms with van der Waals surface area (Å²) in [6.45, 7) is 0.996. The number of amides is 1. The van der Waals surface area contributed by atoms with Crippen molar-refractivity contribution in [1.82, 2.24) is 15.1 Å². The van der Waals surface area contributed by atoms with Crippen molar-refractivity contribution in [2.24, 2.45) is 0 Å². The van der Waals surface area contributed by atoms with E-state index < -0.39 is 18.6 Å². The topological polar surface area (TPSA) is 91.7 Å². The SMILES string of the molecule is CC(COc1cnn(C23CC(NC(=O)[C@H]4CC(=O)c5cc(Cl)ccc5O4)(C2)C3)c1)OC(F)(F)F. The number of alkyl halides is 3. The van der Waals surface area contributed by atoms with Crippen molar-refractivity contribution in [3.63, 3.8) is 0 Å². The zero-order valence-corrected chi connectivity index (χ0v) is 18.8. The monoisotopic (exact) mass is 499 g/mol. The van der Waals surface area contributed by atoms with Crippen LogP contribution in [0.4, 0.5) is 13.2 Å². The van der Waals surface area contributed by atoms with Crippen LogP contribution in [0.2, 0.25) is 5.02 Å². The van der Waals surface area contributed by atoms with Crippen molar-refractivity contribution in [2.75, 3.05) is 6.61 Å². The Labute approximate surface area is 197 Å². The molecule has 12 heteroatoms. The molecule has 0 radical (unpaired) electrons. The summed E-state index contributed by atoms with van der Waals surface area (Å²) in [5.41, 5.74) is -0.279. The fourth-order valence-electron chi connectivity index (χ4n) is 5.01. The van der Waals surface area contributed by atoms with Crippen LogP contribution in [0.1, 0.15) is 43.0 Å². The smallest absolute Gasteiger partial charge is 0.488 e. The average molecular weight is 500 g/mol. The predicted molar refractivity (Wildman–Crippen MR) is 112 cm³/mol. The van der Waals surface area contributed by atoms with E-state index >= 15 is 0 Å². The van der Waals surface area contributed by atoms with Crippen molar-refractivity contribution in [3.05, 3.63) is 41.2 Å². The van der Waals surface area contributed by atoms with E-state index in [0.29, 0.717) is 41.3 Å². The number of carbonyl (C=O) groups excluding carboxylic acids is 2. The number of hydrogen-bond donors (Lipinski definition) is 1. The Balaban J connectivity index is 1.13. The molecule has 0 spiro atoms. The maximum absolute atomic E-state index is 12.8. The molecular weight excluding hydrogens is 479 g/mol. The van der Waals surface area contributed by atoms with Gasteiger partial charge in [-0.15, -0.1) is 13.2 Å². The Hall–Kier alpha value is -2.79. The summed E-state index contributed by atoms with van der Waals surface area (Å²) in [7, 11) is 0. The molecule has 2 heterocycles. The van der Waals surface area contributed by atoms with Gasteiger partial charge < -0.3 is 14.8 Å². The van der Waals surface area contributed by atoms with E-state index in [0.717, 1.165) is 0 Å². The molecule has 1 aliphatic heterocycles. The lowest BCUT2D eigenvalue weighted by atomic mass is 9.44. The number of Topliss-reactive ketones (excluding diaryl/α,β-unsaturated/α-hetero) is 1. The lowest BCUT2D eigenvalue weighted by Gasteiger charge is -2.70. The molecule has 2 aromatic rings. The lowest BCUT2D eigenvalue weighted by Crippen LogP contribution is -2.79. The molecule has 1 N–H and O–H groups in total. The van der Waals surface area contributed by atoms with Gasteiger partial charge in [0.05, 0.1) is 36.0 Å². The van der Waals surface area contributed by atoms with Gasteiger partial charge in [0, 0.05) is 10.6 Å². The third-order valence-corrected chi connectivity index (χ3v) is 6.66. The van der Waals surface area contributed by atoms with Crippen LogP contribution in [0.15, 0.2) is 30.6 Å². The Morgan fingerprint density at radius 2 is 2.12 bits per heavy atom. The van der Waals surface area contributed by atoms with Crippen LogP contribution in [-0.4, -0.2) is 52.2 Å². The van der Waals surface area contributed by atoms with Crippen molar-refractivity contribution in [3.8, 4) is 11.5 Å². The lowest BCUT2D eigenvalue weighted by molar-refractivity contribution is -0.342. The molecule has 3 saturated carbocycles. The van der Waals surface area contributed by atoms with Crippen molar-refractivity contribution in [2.45, 2.75) is 62.3 Å². The van der Waals surface area contributed by atoms with Crippen molar-refractivity contribution >= 4 is 23.3 Å². The zero-order chi connectivity index (χ0) is 24.3. The molecular formula is C22H21ClF3N3O5. The zero-order valence-electron chi connectivity index (χ0n) is 18.0. The number of nitrogens with zero attached hydrogens (tertiary/aromatic N) is 2. The summed E-state index contributed by atoms with van der Waals surface area (Å²) in [4.78, 5) is 25.2. The Morgan fingerprint density at radius 1 is 1.38 bits per heavy atom. The minimum absolute atomic E-state index is 0.0588. The van der Waals surface area contributed by atoms with Gasteiger partial charge in [-0.25, -0.2) is 0 Å². The van der Waals surface area contributed by atoms with Crippen LogP contribution < -0.4 is 14.8 Å². The molecule has 8 nitrogen and oxygen atoms in total. The predicted octanol–water partition coefficient (Wildman–Crippen LogP) is 3.62. The number of fused-ring (bicyclic) bond motifs is 1. The minimum atomic E-state index is -4.72. The van der Waals surface area contributed by atoms with Gasteiger partial charge in [-0.05, 0) is 44.4 Å². The van der Waals surface area contributed by atoms with Crippen LogP contribution >= 0.6 is 11.6 Å². The Kier molecular flexibility index (Phi) is 5.32. The van der Waals surface area contributed by atoms with Crippen molar-refractivity contribution < 1.29 is 37.0 Å². The number of hydrogen-bond acceptors (Lipinski definition) is 6. The summed E-state index contributed by atoms with van der Waals surface area (Å²) in [5, 5.41) is 7.72. The molecule has 6 rings (SSSR count). The number of aromatic nitrogens is 2. The molecule has 2 atom stereocenters. The van der Waals surface area contributed by atoms with E-state index in [2.05, 4.69) is 15.2 Å². The third kappa shape index (κ3) is 4.22. The van der Waals surface area contributed by atoms with Gasteiger partial charge >= 0.3 is 6.36 Å². The molecule has 4 aliphatic rings. The van der Waals surface area contributed by atoms with Gasteiger partial charge in [-0.2, -0.15) is 5.10 Å². The summed E-state index contributed by atoms with van der Waals surface area (Å²) in [5.74, 6) is 0.143. The first-order valence-electron chi connectivity index (χ1n) is 10.7. The number of benzene rings is 1. The number of nitrogens with one attached hydrogen (secondary N) is 1. The highest BCUT2D eigenvalue weighted by Crippen LogP contribution is 2.65. The largest absolute Gasteiger partial charge is 0.522 e. The fraction of sp³-hybridized carbons (Fsp3) is 0.500. The van der Waals surface area contributed by atoms with Crippen LogP contribution in [0.3, 0.4) is 0 Å². The fourth-order valence-corrected chi connectivity index (χ4v) is 5.18. The summed E-state index contributed by atoms with van der Waals surface area (Å²) in [6, 6.07) is 4.72. The molecule has 1 aromatic heterocycles. The number of halogens is 4. The molecule has 182 valence electrons. The van der Waals surface area contributed by atoms with Gasteiger partial charge in [-0.1, -0.05) is 11.6 Å². The Morgan fingerprint density at radius 3 is 2.82 bits per heavy atom. The van der Waals surface area contributed by atoms with E-state index in [1.165, 1.54) is 19.2 Å². The van der Waals surface area contributed by atoms with Crippen LogP contribution in [0.5, 0.6) is 11.5 Å². The molecule has 1 amide bonds. The van der Waals surface area contributed by atoms with Crippen LogP contribution in [-0.2, 0) is 15.1 Å². The van der Waals surface area contributed by atoms with E-state index in [4.69, 9.17) is 21.1 Å². The first-order valence-corrected chi connectivity index (χ1v) is 11.1. The van der Waals surface area contributed by atoms with E-state index in [-0.39, 0.29) is 35.8 Å². The van der Waals surface area contributed by atoms with Crippen LogP contribution in [0.25, 0.3) is 0 Å². The second-order valence-electron chi connectivity index (χ2n) is 9.20. The second-order valence-corrected chi connectivity index (χ2v) is 9.64. The van der Waals surface area contributed by atoms with Crippen LogP contribution in [0, 0.1) is 0 Å². The minimum Gasteiger partial charge on any atom is -0.488 e. The standard InChI is InChI=1S/C22H21ClF3N3O5/c1-12(34-22(24,25)26)8-32-14-6-27-29(7-14)21-9-20(10-21,11-21)28-19(31)18-5-16(30)15-4-13(23)2-3-17(15)33-18/h2-4,6-7,12,18H,5,8-11H2,1H3,(H,28,31)/t12?,18-,20?,21?/m1/s1. The summed E-state index contributed by atoms with van der Waals surface area (Å²) in [6.07, 6.45) is -1.82. The first-order chi connectivity index (χ1) is 16.0. The normalized spacial score (nSPS) is 28.1. The summed E-state index contributed by atoms with van der Waals surface area (Å²) < 4.78 is 53.4. The van der Waals surface area contributed by atoms with Gasteiger partial charge in [-0.3, -0.25) is 19.0 Å². The van der Waals surface area contributed by atoms with Gasteiger partial charge in [0.15, 0.2) is 17.6 Å².